The van der Waals surface area contributed by atoms with Crippen molar-refractivity contribution in [3.05, 3.63) is 17.8 Å². The predicted octanol–water partition coefficient (Wildman–Crippen LogP) is 1.47. The first kappa shape index (κ1) is 8.56. The van der Waals surface area contributed by atoms with Gasteiger partial charge in [-0.3, -0.25) is 0 Å². The molecular weight excluding hydrogens is 164 g/mol. The average Bonchev–Trinajstić information content (AvgIpc) is 2.34. The SMILES string of the molecule is CN(C)Cc1nc(CCl)co1. The quantitative estimate of drug-likeness (QED) is 0.650. The van der Waals surface area contributed by atoms with Gasteiger partial charge in [0.15, 0.2) is 0 Å². The normalized spacial score (nSPS) is 10.9. The number of halogens is 1. The number of aromatic nitrogens is 1. The van der Waals surface area contributed by atoms with Crippen LogP contribution in [0.1, 0.15) is 11.6 Å². The number of hydrogen-bond acceptors (Lipinski definition) is 3. The van der Waals surface area contributed by atoms with Crippen molar-refractivity contribution in [3.63, 3.8) is 0 Å². The van der Waals surface area contributed by atoms with E-state index in [2.05, 4.69) is 4.98 Å². The molecule has 0 aliphatic rings. The molecule has 11 heavy (non-hydrogen) atoms. The molecule has 0 saturated carbocycles. The average molecular weight is 175 g/mol. The fourth-order valence-electron chi connectivity index (χ4n) is 0.753. The maximum atomic E-state index is 5.54. The maximum absolute atomic E-state index is 5.54. The molecule has 0 N–H and O–H groups in total. The molecule has 0 aliphatic carbocycles. The molecule has 0 unspecified atom stereocenters. The molecule has 62 valence electrons. The first-order valence-corrected chi connectivity index (χ1v) is 3.90. The van der Waals surface area contributed by atoms with E-state index < -0.39 is 0 Å². The van der Waals surface area contributed by atoms with Crippen LogP contribution in [0.3, 0.4) is 0 Å². The van der Waals surface area contributed by atoms with E-state index in [0.717, 1.165) is 12.2 Å². The molecule has 0 saturated heterocycles. The molecule has 0 bridgehead atoms. The Morgan fingerprint density at radius 3 is 2.82 bits per heavy atom. The van der Waals surface area contributed by atoms with E-state index in [9.17, 15) is 0 Å². The second kappa shape index (κ2) is 3.74. The van der Waals surface area contributed by atoms with Crippen molar-refractivity contribution in [1.82, 2.24) is 9.88 Å². The summed E-state index contributed by atoms with van der Waals surface area (Å²) in [7, 11) is 3.93. The fourth-order valence-corrected chi connectivity index (χ4v) is 0.876. The Kier molecular flexibility index (Phi) is 2.91. The Balaban J connectivity index is 2.58. The fraction of sp³-hybridized carbons (Fsp3) is 0.571. The Morgan fingerprint density at radius 1 is 1.64 bits per heavy atom. The molecule has 0 aromatic carbocycles. The molecule has 0 spiro atoms. The molecule has 1 aromatic rings. The lowest BCUT2D eigenvalue weighted by Crippen LogP contribution is -2.10. The molecule has 0 amide bonds. The van der Waals surface area contributed by atoms with Gasteiger partial charge in [0.2, 0.25) is 5.89 Å². The summed E-state index contributed by atoms with van der Waals surface area (Å²) in [5, 5.41) is 0. The van der Waals surface area contributed by atoms with Crippen molar-refractivity contribution < 1.29 is 4.42 Å². The van der Waals surface area contributed by atoms with E-state index in [1.807, 2.05) is 19.0 Å². The topological polar surface area (TPSA) is 29.3 Å². The van der Waals surface area contributed by atoms with Gasteiger partial charge in [0.05, 0.1) is 18.1 Å². The number of hydrogen-bond donors (Lipinski definition) is 0. The standard InChI is InChI=1S/C7H11ClN2O/c1-10(2)4-7-9-6(3-8)5-11-7/h5H,3-4H2,1-2H3. The van der Waals surface area contributed by atoms with Crippen LogP contribution >= 0.6 is 11.6 Å². The van der Waals surface area contributed by atoms with Crippen molar-refractivity contribution in [2.45, 2.75) is 12.4 Å². The highest BCUT2D eigenvalue weighted by Gasteiger charge is 2.02. The highest BCUT2D eigenvalue weighted by molar-refractivity contribution is 6.16. The lowest BCUT2D eigenvalue weighted by Gasteiger charge is -2.03. The second-order valence-corrected chi connectivity index (χ2v) is 2.87. The molecule has 0 aliphatic heterocycles. The minimum atomic E-state index is 0.414. The summed E-state index contributed by atoms with van der Waals surface area (Å²) in [6.07, 6.45) is 1.59. The number of oxazole rings is 1. The van der Waals surface area contributed by atoms with Crippen molar-refractivity contribution in [2.24, 2.45) is 0 Å². The predicted molar refractivity (Wildman–Crippen MR) is 43.5 cm³/mol. The van der Waals surface area contributed by atoms with Gasteiger partial charge in [-0.1, -0.05) is 0 Å². The molecule has 1 aromatic heterocycles. The van der Waals surface area contributed by atoms with Gasteiger partial charge in [-0.2, -0.15) is 0 Å². The van der Waals surface area contributed by atoms with Crippen molar-refractivity contribution >= 4 is 11.6 Å². The summed E-state index contributed by atoms with van der Waals surface area (Å²) in [5.41, 5.74) is 0.795. The van der Waals surface area contributed by atoms with E-state index in [1.165, 1.54) is 0 Å². The smallest absolute Gasteiger partial charge is 0.208 e. The molecule has 0 atom stereocenters. The van der Waals surface area contributed by atoms with Gasteiger partial charge in [0, 0.05) is 0 Å². The summed E-state index contributed by atoms with van der Waals surface area (Å²) in [6.45, 7) is 0.719. The van der Waals surface area contributed by atoms with Crippen molar-refractivity contribution in [1.29, 1.82) is 0 Å². The van der Waals surface area contributed by atoms with Crippen LogP contribution in [0.4, 0.5) is 0 Å². The number of nitrogens with zero attached hydrogens (tertiary/aromatic N) is 2. The lowest BCUT2D eigenvalue weighted by molar-refractivity contribution is 0.341. The highest BCUT2D eigenvalue weighted by atomic mass is 35.5. The zero-order valence-electron chi connectivity index (χ0n) is 6.67. The monoisotopic (exact) mass is 174 g/mol. The molecule has 3 nitrogen and oxygen atoms in total. The minimum Gasteiger partial charge on any atom is -0.447 e. The molecule has 1 rings (SSSR count). The van der Waals surface area contributed by atoms with E-state index in [4.69, 9.17) is 16.0 Å². The summed E-state index contributed by atoms with van der Waals surface area (Å²) >= 11 is 5.54. The largest absolute Gasteiger partial charge is 0.447 e. The summed E-state index contributed by atoms with van der Waals surface area (Å²) in [5.74, 6) is 1.13. The third kappa shape index (κ3) is 2.52. The van der Waals surface area contributed by atoms with Gasteiger partial charge in [-0.05, 0) is 14.1 Å². The van der Waals surface area contributed by atoms with E-state index in [0.29, 0.717) is 11.8 Å². The summed E-state index contributed by atoms with van der Waals surface area (Å²) < 4.78 is 5.13. The molecule has 1 heterocycles. The van der Waals surface area contributed by atoms with Gasteiger partial charge in [0.25, 0.3) is 0 Å². The van der Waals surface area contributed by atoms with Crippen LogP contribution in [0.5, 0.6) is 0 Å². The zero-order chi connectivity index (χ0) is 8.27. The third-order valence-electron chi connectivity index (χ3n) is 1.19. The molecular formula is C7H11ClN2O. The van der Waals surface area contributed by atoms with Gasteiger partial charge < -0.3 is 9.32 Å². The van der Waals surface area contributed by atoms with Crippen LogP contribution in [0.25, 0.3) is 0 Å². The van der Waals surface area contributed by atoms with Crippen LogP contribution in [-0.4, -0.2) is 24.0 Å². The van der Waals surface area contributed by atoms with Crippen LogP contribution in [-0.2, 0) is 12.4 Å². The second-order valence-electron chi connectivity index (χ2n) is 2.60. The molecule has 4 heteroatoms. The lowest BCUT2D eigenvalue weighted by atomic mass is 10.5. The Bertz CT molecular complexity index is 222. The molecule has 0 fully saturated rings. The Hall–Kier alpha value is -0.540. The van der Waals surface area contributed by atoms with E-state index in [1.54, 1.807) is 6.26 Å². The van der Waals surface area contributed by atoms with Crippen LogP contribution in [0.15, 0.2) is 10.7 Å². The van der Waals surface area contributed by atoms with Crippen molar-refractivity contribution in [3.8, 4) is 0 Å². The van der Waals surface area contributed by atoms with Gasteiger partial charge in [-0.15, -0.1) is 11.6 Å². The first-order chi connectivity index (χ1) is 5.22. The highest BCUT2D eigenvalue weighted by Crippen LogP contribution is 2.05. The number of alkyl halides is 1. The van der Waals surface area contributed by atoms with Gasteiger partial charge in [0.1, 0.15) is 6.26 Å². The van der Waals surface area contributed by atoms with Crippen LogP contribution in [0.2, 0.25) is 0 Å². The Labute approximate surface area is 71.0 Å². The van der Waals surface area contributed by atoms with E-state index >= 15 is 0 Å². The molecule has 0 radical (unpaired) electrons. The maximum Gasteiger partial charge on any atom is 0.208 e. The van der Waals surface area contributed by atoms with Gasteiger partial charge >= 0.3 is 0 Å². The summed E-state index contributed by atoms with van der Waals surface area (Å²) in [6, 6.07) is 0. The zero-order valence-corrected chi connectivity index (χ0v) is 7.43. The first-order valence-electron chi connectivity index (χ1n) is 3.36. The van der Waals surface area contributed by atoms with Crippen molar-refractivity contribution in [2.75, 3.05) is 14.1 Å². The minimum absolute atomic E-state index is 0.414. The Morgan fingerprint density at radius 2 is 2.36 bits per heavy atom. The number of rotatable bonds is 3. The summed E-state index contributed by atoms with van der Waals surface area (Å²) in [4.78, 5) is 6.12. The van der Waals surface area contributed by atoms with Gasteiger partial charge in [-0.25, -0.2) is 4.98 Å². The van der Waals surface area contributed by atoms with Crippen LogP contribution in [0, 0.1) is 0 Å². The van der Waals surface area contributed by atoms with Crippen LogP contribution < -0.4 is 0 Å². The third-order valence-corrected chi connectivity index (χ3v) is 1.46. The van der Waals surface area contributed by atoms with E-state index in [-0.39, 0.29) is 0 Å².